The molecule has 0 fully saturated rings. The predicted octanol–water partition coefficient (Wildman–Crippen LogP) is 2.92. The molecule has 0 heterocycles. The second-order valence-electron chi connectivity index (χ2n) is 3.38. The third-order valence-electron chi connectivity index (χ3n) is 1.95. The quantitative estimate of drug-likeness (QED) is 0.361. The summed E-state index contributed by atoms with van der Waals surface area (Å²) in [5, 5.41) is 0. The second kappa shape index (κ2) is 13.7. The van der Waals surface area contributed by atoms with Crippen LogP contribution in [0.15, 0.2) is 0 Å². The molecule has 0 aliphatic rings. The minimum absolute atomic E-state index is 0. The van der Waals surface area contributed by atoms with Crippen LogP contribution in [0.1, 0.15) is 58.8 Å². The molecule has 80 valence electrons. The normalized spacial score (nSPS) is 9.29. The van der Waals surface area contributed by atoms with Crippen LogP contribution >= 0.6 is 0 Å². The first kappa shape index (κ1) is 17.1. The van der Waals surface area contributed by atoms with Crippen LogP contribution < -0.4 is 0 Å². The third kappa shape index (κ3) is 12.7. The molecule has 0 bridgehead atoms. The third-order valence-corrected chi connectivity index (χ3v) is 1.95. The maximum Gasteiger partial charge on any atom is 0.305 e. The molecule has 0 aromatic carbocycles. The van der Waals surface area contributed by atoms with Crippen molar-refractivity contribution < 1.29 is 9.53 Å². The number of carbonyl (C=O) groups excluding carboxylic acids is 1. The average Bonchev–Trinajstić information content (AvgIpc) is 2.14. The predicted molar refractivity (Wildman–Crippen MR) is 60.4 cm³/mol. The minimum Gasteiger partial charge on any atom is -0.466 e. The van der Waals surface area contributed by atoms with Gasteiger partial charge in [0.05, 0.1) is 6.61 Å². The largest absolute Gasteiger partial charge is 0.466 e. The fraction of sp³-hybridized carbons (Fsp3) is 0.909. The molecule has 0 rings (SSSR count). The molecule has 0 saturated carbocycles. The van der Waals surface area contributed by atoms with Crippen LogP contribution in [0.3, 0.4) is 0 Å². The molecule has 0 saturated heterocycles. The molecule has 0 atom stereocenters. The van der Waals surface area contributed by atoms with Crippen LogP contribution in [0.4, 0.5) is 0 Å². The number of esters is 1. The van der Waals surface area contributed by atoms with Gasteiger partial charge in [0, 0.05) is 44.2 Å². The summed E-state index contributed by atoms with van der Waals surface area (Å²) in [5.41, 5.74) is 0. The molecule has 0 unspecified atom stereocenters. The molecule has 0 aromatic rings. The Morgan fingerprint density at radius 1 is 1.00 bits per heavy atom. The Balaban J connectivity index is 0. The summed E-state index contributed by atoms with van der Waals surface area (Å²) in [6, 6.07) is 0. The van der Waals surface area contributed by atoms with Gasteiger partial charge in [-0.25, -0.2) is 0 Å². The molecule has 2 nitrogen and oxygen atoms in total. The first-order valence-corrected chi connectivity index (χ1v) is 5.46. The van der Waals surface area contributed by atoms with Gasteiger partial charge in [0.25, 0.3) is 0 Å². The van der Waals surface area contributed by atoms with Crippen molar-refractivity contribution in [1.82, 2.24) is 0 Å². The Labute approximate surface area is 118 Å². The molecule has 3 heteroatoms. The van der Waals surface area contributed by atoms with E-state index >= 15 is 0 Å². The van der Waals surface area contributed by atoms with Crippen molar-refractivity contribution in [2.45, 2.75) is 58.8 Å². The first-order chi connectivity index (χ1) is 6.31. The Hall–Kier alpha value is 0.730. The van der Waals surface area contributed by atoms with E-state index in [9.17, 15) is 4.79 Å². The van der Waals surface area contributed by atoms with E-state index in [0.717, 1.165) is 19.3 Å². The van der Waals surface area contributed by atoms with Gasteiger partial charge in [-0.05, 0) is 12.8 Å². The van der Waals surface area contributed by atoms with Gasteiger partial charge in [-0.2, -0.15) is 0 Å². The van der Waals surface area contributed by atoms with E-state index in [1.807, 2.05) is 6.92 Å². The Bertz CT molecular complexity index is 126. The molecular formula is C11H22CaO2. The van der Waals surface area contributed by atoms with E-state index < -0.39 is 0 Å². The number of rotatable bonds is 8. The Kier molecular flexibility index (Phi) is 16.8. The van der Waals surface area contributed by atoms with Crippen molar-refractivity contribution in [3.63, 3.8) is 0 Å². The van der Waals surface area contributed by atoms with Gasteiger partial charge in [-0.15, -0.1) is 0 Å². The van der Waals surface area contributed by atoms with Gasteiger partial charge in [-0.3, -0.25) is 4.79 Å². The summed E-state index contributed by atoms with van der Waals surface area (Å²) in [7, 11) is 0. The molecule has 14 heavy (non-hydrogen) atoms. The molecule has 0 N–H and O–H groups in total. The van der Waals surface area contributed by atoms with Crippen molar-refractivity contribution >= 4 is 43.7 Å². The van der Waals surface area contributed by atoms with Crippen LogP contribution in [-0.4, -0.2) is 50.3 Å². The van der Waals surface area contributed by atoms with E-state index in [1.54, 1.807) is 0 Å². The molecule has 0 spiro atoms. The van der Waals surface area contributed by atoms with E-state index in [-0.39, 0.29) is 43.7 Å². The fourth-order valence-electron chi connectivity index (χ4n) is 1.16. The van der Waals surface area contributed by atoms with Gasteiger partial charge < -0.3 is 4.74 Å². The number of carbonyl (C=O) groups is 1. The Morgan fingerprint density at radius 2 is 1.64 bits per heavy atom. The zero-order valence-electron chi connectivity index (χ0n) is 9.68. The van der Waals surface area contributed by atoms with Crippen LogP contribution in [0.2, 0.25) is 0 Å². The summed E-state index contributed by atoms with van der Waals surface area (Å²) < 4.78 is 4.96. The van der Waals surface area contributed by atoms with Gasteiger partial charge in [0.2, 0.25) is 0 Å². The number of hydrogen-bond acceptors (Lipinski definition) is 2. The van der Waals surface area contributed by atoms with Gasteiger partial charge >= 0.3 is 5.97 Å². The minimum atomic E-state index is -0.0293. The number of hydrogen-bond donors (Lipinski definition) is 0. The van der Waals surface area contributed by atoms with E-state index in [2.05, 4.69) is 6.92 Å². The van der Waals surface area contributed by atoms with E-state index in [1.165, 1.54) is 19.3 Å². The summed E-state index contributed by atoms with van der Waals surface area (Å²) in [6.07, 6.45) is 7.45. The summed E-state index contributed by atoms with van der Waals surface area (Å²) >= 11 is 0. The van der Waals surface area contributed by atoms with Crippen molar-refractivity contribution in [1.29, 1.82) is 0 Å². The molecule has 0 amide bonds. The topological polar surface area (TPSA) is 26.3 Å². The van der Waals surface area contributed by atoms with Crippen LogP contribution in [0.5, 0.6) is 0 Å². The van der Waals surface area contributed by atoms with Crippen LogP contribution in [0.25, 0.3) is 0 Å². The summed E-state index contributed by atoms with van der Waals surface area (Å²) in [6.45, 7) is 4.78. The van der Waals surface area contributed by atoms with Crippen molar-refractivity contribution in [3.05, 3.63) is 0 Å². The SMILES string of the molecule is CCCCCCCC(=O)OCCC.[Ca]. The number of unbranched alkanes of at least 4 members (excludes halogenated alkanes) is 4. The molecule has 0 aliphatic heterocycles. The smallest absolute Gasteiger partial charge is 0.305 e. The van der Waals surface area contributed by atoms with E-state index in [0.29, 0.717) is 13.0 Å². The summed E-state index contributed by atoms with van der Waals surface area (Å²) in [5.74, 6) is -0.0293. The first-order valence-electron chi connectivity index (χ1n) is 5.46. The zero-order chi connectivity index (χ0) is 9.94. The van der Waals surface area contributed by atoms with Crippen molar-refractivity contribution in [2.24, 2.45) is 0 Å². The molecule has 0 aliphatic carbocycles. The van der Waals surface area contributed by atoms with Gasteiger partial charge in [0.1, 0.15) is 0 Å². The van der Waals surface area contributed by atoms with Gasteiger partial charge in [0.15, 0.2) is 0 Å². The standard InChI is InChI=1S/C11H22O2.Ca/c1-3-5-6-7-8-9-11(12)13-10-4-2;/h3-10H2,1-2H3;. The van der Waals surface area contributed by atoms with Crippen LogP contribution in [-0.2, 0) is 9.53 Å². The number of ether oxygens (including phenoxy) is 1. The molecular weight excluding hydrogens is 204 g/mol. The Morgan fingerprint density at radius 3 is 2.21 bits per heavy atom. The van der Waals surface area contributed by atoms with Crippen molar-refractivity contribution in [3.8, 4) is 0 Å². The maximum absolute atomic E-state index is 11.0. The molecule has 2 radical (unpaired) electrons. The second-order valence-corrected chi connectivity index (χ2v) is 3.38. The van der Waals surface area contributed by atoms with Gasteiger partial charge in [-0.1, -0.05) is 39.5 Å². The monoisotopic (exact) mass is 226 g/mol. The fourth-order valence-corrected chi connectivity index (χ4v) is 1.16. The zero-order valence-corrected chi connectivity index (χ0v) is 11.9. The van der Waals surface area contributed by atoms with Crippen molar-refractivity contribution in [2.75, 3.05) is 6.61 Å². The maximum atomic E-state index is 11.0. The molecule has 0 aromatic heterocycles. The van der Waals surface area contributed by atoms with E-state index in [4.69, 9.17) is 4.74 Å². The average molecular weight is 226 g/mol. The van der Waals surface area contributed by atoms with Crippen LogP contribution in [0, 0.1) is 0 Å². The summed E-state index contributed by atoms with van der Waals surface area (Å²) in [4.78, 5) is 11.0.